The fraction of sp³-hybridized carbons (Fsp3) is 0.556. The number of hydrogen-bond donors (Lipinski definition) is 1. The number of nitrogens with zero attached hydrogens (tertiary/aromatic N) is 2. The first-order chi connectivity index (χ1) is 11.4. The van der Waals surface area contributed by atoms with Gasteiger partial charge < -0.3 is 15.0 Å². The van der Waals surface area contributed by atoms with Crippen LogP contribution in [0.2, 0.25) is 0 Å². The maximum atomic E-state index is 12.0. The minimum atomic E-state index is -0.452. The highest BCUT2D eigenvalue weighted by atomic mass is 16.6. The standard InChI is InChI=1S/C18H25N3O3/c1-18(2,3)24-17(23)21-10-8-16(9-11-21)19-12-14-4-6-15(7-5-14)20-13-22/h4-7,16,19H,8-12H2,1-3H3. The van der Waals surface area contributed by atoms with Crippen molar-refractivity contribution in [2.24, 2.45) is 4.99 Å². The van der Waals surface area contributed by atoms with Gasteiger partial charge in [-0.15, -0.1) is 0 Å². The molecule has 0 aliphatic carbocycles. The molecule has 1 aliphatic rings. The average Bonchev–Trinajstić information content (AvgIpc) is 2.53. The van der Waals surface area contributed by atoms with E-state index < -0.39 is 5.60 Å². The van der Waals surface area contributed by atoms with E-state index in [0.29, 0.717) is 24.8 Å². The minimum absolute atomic E-state index is 0.229. The molecule has 1 fully saturated rings. The molecule has 130 valence electrons. The van der Waals surface area contributed by atoms with Crippen LogP contribution in [0.4, 0.5) is 10.5 Å². The van der Waals surface area contributed by atoms with Crippen molar-refractivity contribution < 1.29 is 14.3 Å². The molecule has 0 bridgehead atoms. The largest absolute Gasteiger partial charge is 0.444 e. The number of amides is 1. The molecule has 0 saturated carbocycles. The van der Waals surface area contributed by atoms with Gasteiger partial charge in [-0.2, -0.15) is 4.99 Å². The number of rotatable bonds is 4. The van der Waals surface area contributed by atoms with Crippen molar-refractivity contribution in [1.82, 2.24) is 10.2 Å². The Morgan fingerprint density at radius 2 is 1.92 bits per heavy atom. The van der Waals surface area contributed by atoms with E-state index in [1.807, 2.05) is 32.9 Å². The van der Waals surface area contributed by atoms with Gasteiger partial charge in [0.2, 0.25) is 6.08 Å². The summed E-state index contributed by atoms with van der Waals surface area (Å²) >= 11 is 0. The van der Waals surface area contributed by atoms with Crippen molar-refractivity contribution >= 4 is 17.9 Å². The molecular formula is C18H25N3O3. The predicted octanol–water partition coefficient (Wildman–Crippen LogP) is 3.14. The Hall–Kier alpha value is -2.17. The third-order valence-corrected chi connectivity index (χ3v) is 3.85. The van der Waals surface area contributed by atoms with Gasteiger partial charge >= 0.3 is 6.09 Å². The summed E-state index contributed by atoms with van der Waals surface area (Å²) in [7, 11) is 0. The maximum Gasteiger partial charge on any atom is 0.410 e. The molecule has 1 aromatic rings. The zero-order valence-electron chi connectivity index (χ0n) is 14.5. The zero-order chi connectivity index (χ0) is 17.6. The van der Waals surface area contributed by atoms with E-state index in [4.69, 9.17) is 4.74 Å². The minimum Gasteiger partial charge on any atom is -0.444 e. The summed E-state index contributed by atoms with van der Waals surface area (Å²) in [6, 6.07) is 7.87. The zero-order valence-corrected chi connectivity index (χ0v) is 14.5. The molecule has 1 heterocycles. The second-order valence-electron chi connectivity index (χ2n) is 6.99. The molecule has 0 spiro atoms. The fourth-order valence-corrected chi connectivity index (χ4v) is 2.60. The fourth-order valence-electron chi connectivity index (χ4n) is 2.60. The lowest BCUT2D eigenvalue weighted by atomic mass is 10.0. The normalized spacial score (nSPS) is 15.7. The van der Waals surface area contributed by atoms with E-state index in [0.717, 1.165) is 24.9 Å². The molecule has 0 aromatic heterocycles. The van der Waals surface area contributed by atoms with Gasteiger partial charge in [-0.25, -0.2) is 9.59 Å². The van der Waals surface area contributed by atoms with Crippen LogP contribution in [0.5, 0.6) is 0 Å². The van der Waals surface area contributed by atoms with E-state index in [9.17, 15) is 9.59 Å². The number of benzene rings is 1. The number of nitrogens with one attached hydrogen (secondary N) is 1. The van der Waals surface area contributed by atoms with Gasteiger partial charge in [-0.05, 0) is 51.3 Å². The van der Waals surface area contributed by atoms with Gasteiger partial charge in [0.25, 0.3) is 0 Å². The van der Waals surface area contributed by atoms with Crippen LogP contribution in [-0.2, 0) is 16.1 Å². The van der Waals surface area contributed by atoms with Gasteiger partial charge in [0.1, 0.15) is 5.60 Å². The van der Waals surface area contributed by atoms with Crippen molar-refractivity contribution in [2.75, 3.05) is 13.1 Å². The van der Waals surface area contributed by atoms with E-state index >= 15 is 0 Å². The Kier molecular flexibility index (Phi) is 6.12. The Morgan fingerprint density at radius 1 is 1.29 bits per heavy atom. The summed E-state index contributed by atoms with van der Waals surface area (Å²) < 4.78 is 5.40. The lowest BCUT2D eigenvalue weighted by Crippen LogP contribution is -2.46. The number of ether oxygens (including phenoxy) is 1. The second kappa shape index (κ2) is 8.08. The molecule has 1 amide bonds. The molecule has 1 aromatic carbocycles. The van der Waals surface area contributed by atoms with E-state index in [1.54, 1.807) is 17.0 Å². The summed E-state index contributed by atoms with van der Waals surface area (Å²) in [4.78, 5) is 27.6. The second-order valence-corrected chi connectivity index (χ2v) is 6.99. The Bertz CT molecular complexity index is 593. The Morgan fingerprint density at radius 3 is 2.46 bits per heavy atom. The highest BCUT2D eigenvalue weighted by Crippen LogP contribution is 2.16. The summed E-state index contributed by atoms with van der Waals surface area (Å²) in [5.74, 6) is 0. The molecule has 0 unspecified atom stereocenters. The van der Waals surface area contributed by atoms with Crippen molar-refractivity contribution in [3.05, 3.63) is 29.8 Å². The summed E-state index contributed by atoms with van der Waals surface area (Å²) in [5.41, 5.74) is 1.29. The first-order valence-corrected chi connectivity index (χ1v) is 8.25. The van der Waals surface area contributed by atoms with Crippen molar-refractivity contribution in [3.8, 4) is 0 Å². The van der Waals surface area contributed by atoms with Crippen LogP contribution in [0.25, 0.3) is 0 Å². The Balaban J connectivity index is 1.75. The monoisotopic (exact) mass is 331 g/mol. The summed E-state index contributed by atoms with van der Waals surface area (Å²) in [6.07, 6.45) is 3.12. The smallest absolute Gasteiger partial charge is 0.410 e. The number of piperidine rings is 1. The maximum absolute atomic E-state index is 12.0. The number of isocyanates is 1. The molecule has 1 aliphatic heterocycles. The van der Waals surface area contributed by atoms with Gasteiger partial charge in [0, 0.05) is 25.7 Å². The molecule has 6 nitrogen and oxygen atoms in total. The van der Waals surface area contributed by atoms with Crippen molar-refractivity contribution in [2.45, 2.75) is 51.8 Å². The average molecular weight is 331 g/mol. The highest BCUT2D eigenvalue weighted by Gasteiger charge is 2.26. The van der Waals surface area contributed by atoms with Gasteiger partial charge in [-0.1, -0.05) is 12.1 Å². The van der Waals surface area contributed by atoms with Crippen LogP contribution in [0.1, 0.15) is 39.2 Å². The molecule has 6 heteroatoms. The number of carbonyl (C=O) groups is 1. The van der Waals surface area contributed by atoms with Crippen LogP contribution < -0.4 is 5.32 Å². The van der Waals surface area contributed by atoms with Crippen LogP contribution in [0.3, 0.4) is 0 Å². The van der Waals surface area contributed by atoms with Crippen LogP contribution >= 0.6 is 0 Å². The molecule has 1 saturated heterocycles. The Labute approximate surface area is 142 Å². The SMILES string of the molecule is CC(C)(C)OC(=O)N1CCC(NCc2ccc(N=C=O)cc2)CC1. The molecule has 24 heavy (non-hydrogen) atoms. The van der Waals surface area contributed by atoms with E-state index in [2.05, 4.69) is 10.3 Å². The quantitative estimate of drug-likeness (QED) is 0.679. The van der Waals surface area contributed by atoms with Gasteiger partial charge in [0.15, 0.2) is 0 Å². The van der Waals surface area contributed by atoms with Gasteiger partial charge in [-0.3, -0.25) is 0 Å². The van der Waals surface area contributed by atoms with Crippen molar-refractivity contribution in [3.63, 3.8) is 0 Å². The third-order valence-electron chi connectivity index (χ3n) is 3.85. The summed E-state index contributed by atoms with van der Waals surface area (Å²) in [6.45, 7) is 7.81. The van der Waals surface area contributed by atoms with Crippen molar-refractivity contribution in [1.29, 1.82) is 0 Å². The third kappa shape index (κ3) is 5.80. The lowest BCUT2D eigenvalue weighted by molar-refractivity contribution is 0.0198. The first kappa shape index (κ1) is 18.2. The number of aliphatic imine (C=N–C) groups is 1. The lowest BCUT2D eigenvalue weighted by Gasteiger charge is -2.33. The topological polar surface area (TPSA) is 71.0 Å². The van der Waals surface area contributed by atoms with E-state index in [-0.39, 0.29) is 6.09 Å². The summed E-state index contributed by atoms with van der Waals surface area (Å²) in [5, 5.41) is 3.51. The first-order valence-electron chi connectivity index (χ1n) is 8.25. The van der Waals surface area contributed by atoms with Crippen LogP contribution in [0, 0.1) is 0 Å². The molecular weight excluding hydrogens is 306 g/mol. The molecule has 1 N–H and O–H groups in total. The number of hydrogen-bond acceptors (Lipinski definition) is 5. The predicted molar refractivity (Wildman–Crippen MR) is 91.9 cm³/mol. The highest BCUT2D eigenvalue weighted by molar-refractivity contribution is 5.68. The number of carbonyl (C=O) groups excluding carboxylic acids is 2. The van der Waals surface area contributed by atoms with Crippen LogP contribution in [-0.4, -0.2) is 41.8 Å². The number of likely N-dealkylation sites (tertiary alicyclic amines) is 1. The molecule has 0 atom stereocenters. The molecule has 2 rings (SSSR count). The molecule has 0 radical (unpaired) electrons. The van der Waals surface area contributed by atoms with E-state index in [1.165, 1.54) is 6.08 Å². The van der Waals surface area contributed by atoms with Gasteiger partial charge in [0.05, 0.1) is 5.69 Å². The van der Waals surface area contributed by atoms with Crippen LogP contribution in [0.15, 0.2) is 29.3 Å².